The van der Waals surface area contributed by atoms with E-state index in [9.17, 15) is 17.6 Å². The van der Waals surface area contributed by atoms with Gasteiger partial charge in [-0.15, -0.1) is 0 Å². The number of aryl methyl sites for hydroxylation is 1. The van der Waals surface area contributed by atoms with Gasteiger partial charge in [-0.25, -0.2) is 22.3 Å². The summed E-state index contributed by atoms with van der Waals surface area (Å²) in [4.78, 5) is 11.6. The first-order chi connectivity index (χ1) is 12.3. The zero-order valence-electron chi connectivity index (χ0n) is 14.5. The highest BCUT2D eigenvalue weighted by Gasteiger charge is 2.18. The highest BCUT2D eigenvalue weighted by molar-refractivity contribution is 7.98. The monoisotopic (exact) mass is 397 g/mol. The zero-order chi connectivity index (χ0) is 19.2. The van der Waals surface area contributed by atoms with Crippen molar-refractivity contribution in [3.05, 3.63) is 65.0 Å². The number of rotatable bonds is 8. The molecule has 0 saturated carbocycles. The van der Waals surface area contributed by atoms with Gasteiger partial charge < -0.3 is 4.74 Å². The van der Waals surface area contributed by atoms with Crippen LogP contribution in [0.1, 0.15) is 21.5 Å². The van der Waals surface area contributed by atoms with Crippen LogP contribution < -0.4 is 4.72 Å². The van der Waals surface area contributed by atoms with E-state index in [1.54, 1.807) is 25.1 Å². The van der Waals surface area contributed by atoms with Crippen molar-refractivity contribution in [3.8, 4) is 0 Å². The highest BCUT2D eigenvalue weighted by atomic mass is 32.2. The fourth-order valence-electron chi connectivity index (χ4n) is 2.32. The van der Waals surface area contributed by atoms with Gasteiger partial charge in [0.05, 0.1) is 17.6 Å². The molecule has 1 N–H and O–H groups in total. The van der Waals surface area contributed by atoms with Gasteiger partial charge in [-0.1, -0.05) is 18.2 Å². The molecule has 140 valence electrons. The minimum Gasteiger partial charge on any atom is -0.465 e. The number of hydrogen-bond donors (Lipinski definition) is 1. The number of esters is 1. The van der Waals surface area contributed by atoms with Crippen molar-refractivity contribution in [2.24, 2.45) is 0 Å². The van der Waals surface area contributed by atoms with E-state index in [1.165, 1.54) is 43.1 Å². The SMILES string of the molecule is COC(=O)c1ccc(S(=O)(=O)NCCSCc2ccccc2F)c(C)c1. The van der Waals surface area contributed by atoms with Gasteiger partial charge in [0.25, 0.3) is 0 Å². The molecule has 26 heavy (non-hydrogen) atoms. The van der Waals surface area contributed by atoms with E-state index in [4.69, 9.17) is 0 Å². The molecule has 2 rings (SSSR count). The molecule has 5 nitrogen and oxygen atoms in total. The van der Waals surface area contributed by atoms with E-state index in [2.05, 4.69) is 9.46 Å². The summed E-state index contributed by atoms with van der Waals surface area (Å²) in [5.74, 6) is 0.199. The van der Waals surface area contributed by atoms with Crippen molar-refractivity contribution in [1.29, 1.82) is 0 Å². The minimum absolute atomic E-state index is 0.115. The van der Waals surface area contributed by atoms with Gasteiger partial charge in [-0.05, 0) is 42.3 Å². The van der Waals surface area contributed by atoms with Gasteiger partial charge in [0.15, 0.2) is 0 Å². The van der Waals surface area contributed by atoms with Crippen LogP contribution in [0.5, 0.6) is 0 Å². The quantitative estimate of drug-likeness (QED) is 0.547. The molecule has 0 saturated heterocycles. The minimum atomic E-state index is -3.68. The Morgan fingerprint density at radius 2 is 1.96 bits per heavy atom. The third-order valence-electron chi connectivity index (χ3n) is 3.64. The van der Waals surface area contributed by atoms with Crippen LogP contribution in [-0.2, 0) is 20.5 Å². The molecular weight excluding hydrogens is 377 g/mol. The summed E-state index contributed by atoms with van der Waals surface area (Å²) in [6.07, 6.45) is 0. The molecule has 0 radical (unpaired) electrons. The van der Waals surface area contributed by atoms with Gasteiger partial charge in [-0.3, -0.25) is 0 Å². The molecule has 0 aliphatic carbocycles. The van der Waals surface area contributed by atoms with Gasteiger partial charge in [0.2, 0.25) is 10.0 Å². The normalized spacial score (nSPS) is 11.3. The van der Waals surface area contributed by atoms with Gasteiger partial charge >= 0.3 is 5.97 Å². The lowest BCUT2D eigenvalue weighted by Crippen LogP contribution is -2.26. The van der Waals surface area contributed by atoms with Crippen LogP contribution >= 0.6 is 11.8 Å². The average Bonchev–Trinajstić information content (AvgIpc) is 2.61. The molecule has 0 fully saturated rings. The molecule has 0 aliphatic rings. The van der Waals surface area contributed by atoms with Crippen LogP contribution in [0.4, 0.5) is 4.39 Å². The molecule has 8 heteroatoms. The predicted molar refractivity (Wildman–Crippen MR) is 100 cm³/mol. The number of thioether (sulfide) groups is 1. The Morgan fingerprint density at radius 1 is 1.23 bits per heavy atom. The van der Waals surface area contributed by atoms with Crippen molar-refractivity contribution < 1.29 is 22.3 Å². The summed E-state index contributed by atoms with van der Waals surface area (Å²) < 4.78 is 45.4. The Balaban J connectivity index is 1.90. The van der Waals surface area contributed by atoms with E-state index in [1.807, 2.05) is 0 Å². The number of benzene rings is 2. The summed E-state index contributed by atoms with van der Waals surface area (Å²) in [7, 11) is -2.42. The van der Waals surface area contributed by atoms with E-state index in [0.717, 1.165) is 0 Å². The standard InChI is InChI=1S/C18H20FNO4S2/c1-13-11-14(18(21)24-2)7-8-17(13)26(22,23)20-9-10-25-12-15-5-3-4-6-16(15)19/h3-8,11,20H,9-10,12H2,1-2H3. The Hall–Kier alpha value is -1.90. The molecular formula is C18H20FNO4S2. The Kier molecular flexibility index (Phi) is 7.19. The second kappa shape index (κ2) is 9.16. The number of methoxy groups -OCH3 is 1. The number of halogens is 1. The molecule has 0 heterocycles. The van der Waals surface area contributed by atoms with Gasteiger partial charge in [0.1, 0.15) is 5.82 Å². The lowest BCUT2D eigenvalue weighted by atomic mass is 10.1. The maximum Gasteiger partial charge on any atom is 0.337 e. The summed E-state index contributed by atoms with van der Waals surface area (Å²) in [6, 6.07) is 10.8. The molecule has 0 atom stereocenters. The van der Waals surface area contributed by atoms with E-state index < -0.39 is 16.0 Å². The van der Waals surface area contributed by atoms with E-state index in [-0.39, 0.29) is 17.3 Å². The number of sulfonamides is 1. The lowest BCUT2D eigenvalue weighted by molar-refractivity contribution is 0.0600. The molecule has 0 bridgehead atoms. The zero-order valence-corrected chi connectivity index (χ0v) is 16.1. The summed E-state index contributed by atoms with van der Waals surface area (Å²) >= 11 is 1.44. The first kappa shape index (κ1) is 20.4. The van der Waals surface area contributed by atoms with Crippen LogP contribution in [0.15, 0.2) is 47.4 Å². The predicted octanol–water partition coefficient (Wildman–Crippen LogP) is 3.13. The fraction of sp³-hybridized carbons (Fsp3) is 0.278. The van der Waals surface area contributed by atoms with Crippen molar-refractivity contribution in [3.63, 3.8) is 0 Å². The third-order valence-corrected chi connectivity index (χ3v) is 6.27. The Morgan fingerprint density at radius 3 is 2.62 bits per heavy atom. The summed E-state index contributed by atoms with van der Waals surface area (Å²) in [5.41, 5.74) is 1.35. The number of nitrogens with one attached hydrogen (secondary N) is 1. The average molecular weight is 397 g/mol. The highest BCUT2D eigenvalue weighted by Crippen LogP contribution is 2.18. The Bertz CT molecular complexity index is 885. The van der Waals surface area contributed by atoms with Crippen LogP contribution in [-0.4, -0.2) is 33.8 Å². The topological polar surface area (TPSA) is 72.5 Å². The summed E-state index contributed by atoms with van der Waals surface area (Å²) in [6.45, 7) is 1.84. The molecule has 0 aliphatic heterocycles. The molecule has 0 amide bonds. The third kappa shape index (κ3) is 5.30. The van der Waals surface area contributed by atoms with Crippen LogP contribution in [0.2, 0.25) is 0 Å². The van der Waals surface area contributed by atoms with E-state index >= 15 is 0 Å². The van der Waals surface area contributed by atoms with Crippen molar-refractivity contribution in [2.45, 2.75) is 17.6 Å². The molecule has 2 aromatic carbocycles. The molecule has 0 aromatic heterocycles. The number of carbonyl (C=O) groups excluding carboxylic acids is 1. The second-order valence-corrected chi connectivity index (χ2v) is 8.35. The van der Waals surface area contributed by atoms with E-state index in [0.29, 0.717) is 28.2 Å². The van der Waals surface area contributed by atoms with Crippen LogP contribution in [0.25, 0.3) is 0 Å². The smallest absolute Gasteiger partial charge is 0.337 e. The number of ether oxygens (including phenoxy) is 1. The molecule has 0 spiro atoms. The maximum absolute atomic E-state index is 13.5. The first-order valence-electron chi connectivity index (χ1n) is 7.85. The van der Waals surface area contributed by atoms with Gasteiger partial charge in [-0.2, -0.15) is 11.8 Å². The number of carbonyl (C=O) groups is 1. The maximum atomic E-state index is 13.5. The van der Waals surface area contributed by atoms with Crippen LogP contribution in [0, 0.1) is 12.7 Å². The fourth-order valence-corrected chi connectivity index (χ4v) is 4.55. The Labute approximate surface area is 157 Å². The van der Waals surface area contributed by atoms with Crippen molar-refractivity contribution in [2.75, 3.05) is 19.4 Å². The first-order valence-corrected chi connectivity index (χ1v) is 10.5. The van der Waals surface area contributed by atoms with Crippen LogP contribution in [0.3, 0.4) is 0 Å². The molecule has 0 unspecified atom stereocenters. The number of hydrogen-bond acceptors (Lipinski definition) is 5. The van der Waals surface area contributed by atoms with Crippen molar-refractivity contribution in [1.82, 2.24) is 4.72 Å². The van der Waals surface area contributed by atoms with Gasteiger partial charge in [0, 0.05) is 18.1 Å². The second-order valence-electron chi connectivity index (χ2n) is 5.51. The largest absolute Gasteiger partial charge is 0.465 e. The summed E-state index contributed by atoms with van der Waals surface area (Å²) in [5, 5.41) is 0. The lowest BCUT2D eigenvalue weighted by Gasteiger charge is -2.10. The molecule has 2 aromatic rings. The van der Waals surface area contributed by atoms with Crippen molar-refractivity contribution >= 4 is 27.8 Å².